The average molecular weight is 454 g/mol. The Morgan fingerprint density at radius 1 is 1.06 bits per heavy atom. The summed E-state index contributed by atoms with van der Waals surface area (Å²) in [5.41, 5.74) is 5.68. The molecule has 0 amide bonds. The molecular formula is C24H23N9O. The normalized spacial score (nSPS) is 10.9. The van der Waals surface area contributed by atoms with Gasteiger partial charge in [-0.3, -0.25) is 4.98 Å². The van der Waals surface area contributed by atoms with Crippen LogP contribution in [-0.4, -0.2) is 49.0 Å². The van der Waals surface area contributed by atoms with Crippen LogP contribution < -0.4 is 15.0 Å². The summed E-state index contributed by atoms with van der Waals surface area (Å²) in [5, 5.41) is 3.36. The molecule has 0 saturated carbocycles. The number of aryl methyl sites for hydroxylation is 1. The Morgan fingerprint density at radius 3 is 2.74 bits per heavy atom. The third-order valence-electron chi connectivity index (χ3n) is 5.30. The smallest absolute Gasteiger partial charge is 0.213 e. The first-order valence-electron chi connectivity index (χ1n) is 10.7. The number of pyridine rings is 3. The highest BCUT2D eigenvalue weighted by atomic mass is 16.5. The van der Waals surface area contributed by atoms with E-state index in [9.17, 15) is 0 Å². The molecule has 10 heteroatoms. The first-order chi connectivity index (χ1) is 16.6. The molecule has 0 aliphatic rings. The van der Waals surface area contributed by atoms with Crippen molar-refractivity contribution in [1.29, 1.82) is 0 Å². The molecule has 0 saturated heterocycles. The van der Waals surface area contributed by atoms with Crippen LogP contribution in [0.1, 0.15) is 11.4 Å². The Labute approximate surface area is 196 Å². The van der Waals surface area contributed by atoms with Crippen molar-refractivity contribution >= 4 is 28.4 Å². The van der Waals surface area contributed by atoms with E-state index >= 15 is 0 Å². The summed E-state index contributed by atoms with van der Waals surface area (Å²) in [6.07, 6.45) is 8.77. The van der Waals surface area contributed by atoms with Gasteiger partial charge in [0, 0.05) is 37.6 Å². The first-order valence-corrected chi connectivity index (χ1v) is 10.7. The molecule has 5 heterocycles. The fraction of sp³-hybridized carbons (Fsp3) is 0.167. The average Bonchev–Trinajstić information content (AvgIpc) is 3.34. The Balaban J connectivity index is 1.57. The van der Waals surface area contributed by atoms with Gasteiger partial charge in [-0.15, -0.1) is 0 Å². The molecule has 0 bridgehead atoms. The highest BCUT2D eigenvalue weighted by molar-refractivity contribution is 5.91. The number of methoxy groups -OCH3 is 1. The number of H-pyrrole nitrogens is 1. The predicted molar refractivity (Wildman–Crippen MR) is 130 cm³/mol. The van der Waals surface area contributed by atoms with E-state index in [1.54, 1.807) is 31.9 Å². The summed E-state index contributed by atoms with van der Waals surface area (Å²) in [6, 6.07) is 9.70. The standard InChI is InChI=1S/C24H23N9O/c1-15-30-21(22-24(31-15)29-14-28-22)19-9-16(13-33(2)18-5-4-8-25-12-18)10-27-23(19)32-17-6-7-20(34-3)26-11-17/h4-12,14H,13H2,1-3H3,(H,27,32)(H,28,29,30,31). The number of aromatic amines is 1. The third-order valence-corrected chi connectivity index (χ3v) is 5.30. The number of nitrogens with zero attached hydrogens (tertiary/aromatic N) is 7. The second-order valence-electron chi connectivity index (χ2n) is 7.74. The zero-order chi connectivity index (χ0) is 23.5. The lowest BCUT2D eigenvalue weighted by atomic mass is 10.1. The molecule has 5 aromatic heterocycles. The number of anilines is 3. The van der Waals surface area contributed by atoms with Gasteiger partial charge in [-0.25, -0.2) is 24.9 Å². The van der Waals surface area contributed by atoms with Crippen molar-refractivity contribution < 1.29 is 4.74 Å². The van der Waals surface area contributed by atoms with Crippen molar-refractivity contribution in [2.75, 3.05) is 24.4 Å². The van der Waals surface area contributed by atoms with Crippen molar-refractivity contribution in [3.8, 4) is 17.1 Å². The van der Waals surface area contributed by atoms with Crippen LogP contribution in [0.15, 0.2) is 61.4 Å². The Morgan fingerprint density at radius 2 is 1.97 bits per heavy atom. The number of hydrogen-bond acceptors (Lipinski definition) is 9. The van der Waals surface area contributed by atoms with Crippen LogP contribution in [0, 0.1) is 6.92 Å². The van der Waals surface area contributed by atoms with E-state index in [4.69, 9.17) is 14.7 Å². The van der Waals surface area contributed by atoms with Gasteiger partial charge < -0.3 is 19.9 Å². The van der Waals surface area contributed by atoms with Crippen LogP contribution >= 0.6 is 0 Å². The fourth-order valence-corrected chi connectivity index (χ4v) is 3.67. The highest BCUT2D eigenvalue weighted by Crippen LogP contribution is 2.32. The van der Waals surface area contributed by atoms with Crippen LogP contribution in [0.2, 0.25) is 0 Å². The minimum absolute atomic E-state index is 0.539. The van der Waals surface area contributed by atoms with E-state index in [1.807, 2.05) is 44.6 Å². The number of hydrogen-bond donors (Lipinski definition) is 2. The van der Waals surface area contributed by atoms with Gasteiger partial charge in [0.25, 0.3) is 0 Å². The van der Waals surface area contributed by atoms with E-state index < -0.39 is 0 Å². The predicted octanol–water partition coefficient (Wildman–Crippen LogP) is 3.90. The van der Waals surface area contributed by atoms with Gasteiger partial charge in [0.2, 0.25) is 5.88 Å². The maximum atomic E-state index is 5.16. The number of fused-ring (bicyclic) bond motifs is 1. The maximum Gasteiger partial charge on any atom is 0.213 e. The highest BCUT2D eigenvalue weighted by Gasteiger charge is 2.17. The lowest BCUT2D eigenvalue weighted by Crippen LogP contribution is -2.16. The van der Waals surface area contributed by atoms with Crippen molar-refractivity contribution in [1.82, 2.24) is 34.9 Å². The van der Waals surface area contributed by atoms with E-state index in [0.717, 1.165) is 22.5 Å². The quantitative estimate of drug-likeness (QED) is 0.378. The molecule has 0 aliphatic heterocycles. The molecule has 0 unspecified atom stereocenters. The van der Waals surface area contributed by atoms with E-state index in [-0.39, 0.29) is 0 Å². The van der Waals surface area contributed by atoms with Gasteiger partial charge in [0.15, 0.2) is 5.65 Å². The fourth-order valence-electron chi connectivity index (χ4n) is 3.67. The van der Waals surface area contributed by atoms with Crippen molar-refractivity contribution in [3.05, 3.63) is 72.8 Å². The monoisotopic (exact) mass is 453 g/mol. The summed E-state index contributed by atoms with van der Waals surface area (Å²) < 4.78 is 5.16. The van der Waals surface area contributed by atoms with Gasteiger partial charge in [-0.05, 0) is 36.8 Å². The minimum Gasteiger partial charge on any atom is -0.481 e. The topological polar surface area (TPSA) is 118 Å². The van der Waals surface area contributed by atoms with Crippen molar-refractivity contribution in [2.24, 2.45) is 0 Å². The summed E-state index contributed by atoms with van der Waals surface area (Å²) >= 11 is 0. The molecule has 0 spiro atoms. The van der Waals surface area contributed by atoms with Crippen LogP contribution in [0.5, 0.6) is 5.88 Å². The minimum atomic E-state index is 0.539. The Hall–Kier alpha value is -4.60. The largest absolute Gasteiger partial charge is 0.481 e. The Bertz CT molecular complexity index is 1420. The first kappa shape index (κ1) is 21.3. The van der Waals surface area contributed by atoms with Crippen molar-refractivity contribution in [2.45, 2.75) is 13.5 Å². The van der Waals surface area contributed by atoms with Gasteiger partial charge in [-0.1, -0.05) is 0 Å². The second kappa shape index (κ2) is 9.10. The number of aromatic nitrogens is 7. The molecule has 34 heavy (non-hydrogen) atoms. The zero-order valence-corrected chi connectivity index (χ0v) is 19.0. The van der Waals surface area contributed by atoms with Crippen LogP contribution in [0.3, 0.4) is 0 Å². The number of imidazole rings is 1. The molecule has 0 aliphatic carbocycles. The zero-order valence-electron chi connectivity index (χ0n) is 19.0. The van der Waals surface area contributed by atoms with Gasteiger partial charge in [0.1, 0.15) is 22.9 Å². The molecular weight excluding hydrogens is 430 g/mol. The lowest BCUT2D eigenvalue weighted by Gasteiger charge is -2.20. The molecule has 2 N–H and O–H groups in total. The van der Waals surface area contributed by atoms with Crippen LogP contribution in [0.25, 0.3) is 22.4 Å². The lowest BCUT2D eigenvalue weighted by molar-refractivity contribution is 0.398. The van der Waals surface area contributed by atoms with Gasteiger partial charge in [0.05, 0.1) is 37.2 Å². The second-order valence-corrected chi connectivity index (χ2v) is 7.74. The summed E-state index contributed by atoms with van der Waals surface area (Å²) in [5.74, 6) is 1.82. The molecule has 0 aromatic carbocycles. The molecule has 170 valence electrons. The molecule has 0 fully saturated rings. The Kier molecular flexibility index (Phi) is 5.69. The number of rotatable bonds is 7. The summed E-state index contributed by atoms with van der Waals surface area (Å²) in [7, 11) is 3.61. The van der Waals surface area contributed by atoms with Crippen LogP contribution in [0.4, 0.5) is 17.2 Å². The molecule has 5 rings (SSSR count). The van der Waals surface area contributed by atoms with E-state index in [1.165, 1.54) is 0 Å². The number of ether oxygens (including phenoxy) is 1. The van der Waals surface area contributed by atoms with Crippen molar-refractivity contribution in [3.63, 3.8) is 0 Å². The third kappa shape index (κ3) is 4.33. The maximum absolute atomic E-state index is 5.16. The molecule has 0 radical (unpaired) electrons. The summed E-state index contributed by atoms with van der Waals surface area (Å²) in [6.45, 7) is 2.50. The van der Waals surface area contributed by atoms with Gasteiger partial charge in [-0.2, -0.15) is 0 Å². The molecule has 0 atom stereocenters. The van der Waals surface area contributed by atoms with Crippen LogP contribution in [-0.2, 0) is 6.54 Å². The van der Waals surface area contributed by atoms with Gasteiger partial charge >= 0.3 is 0 Å². The van der Waals surface area contributed by atoms with E-state index in [2.05, 4.69) is 41.2 Å². The molecule has 10 nitrogen and oxygen atoms in total. The number of nitrogens with one attached hydrogen (secondary N) is 2. The summed E-state index contributed by atoms with van der Waals surface area (Å²) in [4.78, 5) is 32.1. The molecule has 5 aromatic rings. The SMILES string of the molecule is COc1ccc(Nc2ncc(CN(C)c3cccnc3)cc2-c2nc(C)nc3[nH]cnc23)cn1. The van der Waals surface area contributed by atoms with E-state index in [0.29, 0.717) is 40.9 Å².